The third kappa shape index (κ3) is 1.48. The van der Waals surface area contributed by atoms with Crippen LogP contribution in [0.5, 0.6) is 0 Å². The first-order chi connectivity index (χ1) is 4.33. The largest absolute Gasteiger partial charge is 0.363 e. The highest BCUT2D eigenvalue weighted by Crippen LogP contribution is 2.08. The molecule has 0 aromatic carbocycles. The lowest BCUT2D eigenvalue weighted by Crippen LogP contribution is -1.76. The SMILES string of the molecule is N#CCc1cc(Cl)c[nH]1. The van der Waals surface area contributed by atoms with Crippen LogP contribution in [0.15, 0.2) is 12.3 Å². The van der Waals surface area contributed by atoms with E-state index in [2.05, 4.69) is 4.98 Å². The van der Waals surface area contributed by atoms with E-state index in [9.17, 15) is 0 Å². The normalized spacial score (nSPS) is 8.89. The van der Waals surface area contributed by atoms with Crippen LogP contribution in [0.25, 0.3) is 0 Å². The summed E-state index contributed by atoms with van der Waals surface area (Å²) in [6.45, 7) is 0. The van der Waals surface area contributed by atoms with Gasteiger partial charge in [-0.15, -0.1) is 0 Å². The molecule has 0 bridgehead atoms. The van der Waals surface area contributed by atoms with Gasteiger partial charge in [0, 0.05) is 11.9 Å². The lowest BCUT2D eigenvalue weighted by molar-refractivity contribution is 1.16. The summed E-state index contributed by atoms with van der Waals surface area (Å²) in [6, 6.07) is 3.75. The van der Waals surface area contributed by atoms with Gasteiger partial charge in [-0.1, -0.05) is 11.6 Å². The van der Waals surface area contributed by atoms with Crippen molar-refractivity contribution in [2.75, 3.05) is 0 Å². The smallest absolute Gasteiger partial charge is 0.0753 e. The van der Waals surface area contributed by atoms with Gasteiger partial charge in [0.25, 0.3) is 0 Å². The number of H-pyrrole nitrogens is 1. The van der Waals surface area contributed by atoms with Crippen molar-refractivity contribution in [3.63, 3.8) is 0 Å². The van der Waals surface area contributed by atoms with Gasteiger partial charge in [0.2, 0.25) is 0 Å². The number of halogens is 1. The van der Waals surface area contributed by atoms with Crippen molar-refractivity contribution in [2.45, 2.75) is 6.42 Å². The maximum atomic E-state index is 8.22. The van der Waals surface area contributed by atoms with E-state index in [1.165, 1.54) is 0 Å². The molecule has 9 heavy (non-hydrogen) atoms. The predicted molar refractivity (Wildman–Crippen MR) is 35.1 cm³/mol. The zero-order valence-electron chi connectivity index (χ0n) is 4.69. The van der Waals surface area contributed by atoms with Crippen LogP contribution in [0, 0.1) is 11.3 Å². The molecule has 0 saturated heterocycles. The maximum Gasteiger partial charge on any atom is 0.0753 e. The van der Waals surface area contributed by atoms with Crippen molar-refractivity contribution in [1.82, 2.24) is 4.98 Å². The zero-order chi connectivity index (χ0) is 6.69. The summed E-state index contributed by atoms with van der Waals surface area (Å²) < 4.78 is 0. The minimum atomic E-state index is 0.396. The summed E-state index contributed by atoms with van der Waals surface area (Å²) >= 11 is 5.56. The van der Waals surface area contributed by atoms with E-state index in [1.54, 1.807) is 12.3 Å². The lowest BCUT2D eigenvalue weighted by Gasteiger charge is -1.79. The van der Waals surface area contributed by atoms with Gasteiger partial charge in [0.15, 0.2) is 0 Å². The molecule has 0 amide bonds. The number of hydrogen-bond acceptors (Lipinski definition) is 1. The fourth-order valence-electron chi connectivity index (χ4n) is 0.599. The molecular weight excluding hydrogens is 136 g/mol. The van der Waals surface area contributed by atoms with E-state index in [-0.39, 0.29) is 0 Å². The molecule has 2 nitrogen and oxygen atoms in total. The Morgan fingerprint density at radius 2 is 2.56 bits per heavy atom. The highest BCUT2D eigenvalue weighted by atomic mass is 35.5. The Hall–Kier alpha value is -0.940. The summed E-state index contributed by atoms with van der Waals surface area (Å²) in [4.78, 5) is 2.85. The number of nitrogens with one attached hydrogen (secondary N) is 1. The van der Waals surface area contributed by atoms with Crippen molar-refractivity contribution in [3.05, 3.63) is 23.0 Å². The van der Waals surface area contributed by atoms with Crippen molar-refractivity contribution >= 4 is 11.6 Å². The molecule has 3 heteroatoms. The number of nitriles is 1. The van der Waals surface area contributed by atoms with Crippen LogP contribution in [-0.2, 0) is 6.42 Å². The third-order valence-corrected chi connectivity index (χ3v) is 1.20. The van der Waals surface area contributed by atoms with E-state index in [4.69, 9.17) is 16.9 Å². The molecule has 0 saturated carbocycles. The number of aromatic nitrogens is 1. The third-order valence-electron chi connectivity index (χ3n) is 0.977. The van der Waals surface area contributed by atoms with Crippen LogP contribution < -0.4 is 0 Å². The zero-order valence-corrected chi connectivity index (χ0v) is 5.44. The molecular formula is C6H5ClN2. The summed E-state index contributed by atoms with van der Waals surface area (Å²) in [5, 5.41) is 8.87. The molecule has 0 unspecified atom stereocenters. The van der Waals surface area contributed by atoms with E-state index in [0.717, 1.165) is 5.69 Å². The second-order valence-corrected chi connectivity index (χ2v) is 2.11. The molecule has 0 atom stereocenters. The topological polar surface area (TPSA) is 39.6 Å². The number of hydrogen-bond donors (Lipinski definition) is 1. The summed E-state index contributed by atoms with van der Waals surface area (Å²) in [7, 11) is 0. The fraction of sp³-hybridized carbons (Fsp3) is 0.167. The average Bonchev–Trinajstić information content (AvgIpc) is 2.17. The summed E-state index contributed by atoms with van der Waals surface area (Å²) in [6.07, 6.45) is 2.06. The van der Waals surface area contributed by atoms with Gasteiger partial charge >= 0.3 is 0 Å². The first-order valence-corrected chi connectivity index (χ1v) is 2.90. The summed E-state index contributed by atoms with van der Waals surface area (Å²) in [5.41, 5.74) is 0.863. The molecule has 1 heterocycles. The molecule has 0 aliphatic heterocycles. The van der Waals surface area contributed by atoms with Gasteiger partial charge in [-0.05, 0) is 6.07 Å². The molecule has 1 aromatic rings. The quantitative estimate of drug-likeness (QED) is 0.634. The van der Waals surface area contributed by atoms with Gasteiger partial charge in [-0.2, -0.15) is 5.26 Å². The Kier molecular flexibility index (Phi) is 1.76. The molecule has 1 rings (SSSR count). The average molecular weight is 141 g/mol. The number of aromatic amines is 1. The van der Waals surface area contributed by atoms with Crippen LogP contribution in [0.2, 0.25) is 5.02 Å². The first kappa shape index (κ1) is 6.18. The van der Waals surface area contributed by atoms with Gasteiger partial charge in [-0.25, -0.2) is 0 Å². The van der Waals surface area contributed by atoms with Crippen LogP contribution in [-0.4, -0.2) is 4.98 Å². The van der Waals surface area contributed by atoms with E-state index >= 15 is 0 Å². The summed E-state index contributed by atoms with van der Waals surface area (Å²) in [5.74, 6) is 0. The van der Waals surface area contributed by atoms with Crippen molar-refractivity contribution in [2.24, 2.45) is 0 Å². The Bertz CT molecular complexity index is 233. The van der Waals surface area contributed by atoms with Gasteiger partial charge in [-0.3, -0.25) is 0 Å². The Morgan fingerprint density at radius 3 is 3.00 bits per heavy atom. The second-order valence-electron chi connectivity index (χ2n) is 1.68. The van der Waals surface area contributed by atoms with Gasteiger partial charge in [0.1, 0.15) is 0 Å². The van der Waals surface area contributed by atoms with E-state index in [0.29, 0.717) is 11.4 Å². The van der Waals surface area contributed by atoms with Crippen LogP contribution in [0.4, 0.5) is 0 Å². The number of rotatable bonds is 1. The maximum absolute atomic E-state index is 8.22. The monoisotopic (exact) mass is 140 g/mol. The standard InChI is InChI=1S/C6H5ClN2/c7-5-3-6(1-2-8)9-4-5/h3-4,9H,1H2. The van der Waals surface area contributed by atoms with Crippen molar-refractivity contribution in [3.8, 4) is 6.07 Å². The Morgan fingerprint density at radius 1 is 1.78 bits per heavy atom. The molecule has 1 N–H and O–H groups in total. The van der Waals surface area contributed by atoms with Crippen molar-refractivity contribution < 1.29 is 0 Å². The van der Waals surface area contributed by atoms with Gasteiger partial charge < -0.3 is 4.98 Å². The van der Waals surface area contributed by atoms with E-state index in [1.807, 2.05) is 6.07 Å². The lowest BCUT2D eigenvalue weighted by atomic mass is 10.3. The molecule has 0 aliphatic carbocycles. The highest BCUT2D eigenvalue weighted by Gasteiger charge is 1.92. The van der Waals surface area contributed by atoms with Crippen LogP contribution in [0.3, 0.4) is 0 Å². The molecule has 1 aromatic heterocycles. The predicted octanol–water partition coefficient (Wildman–Crippen LogP) is 1.73. The minimum Gasteiger partial charge on any atom is -0.363 e. The molecule has 0 fully saturated rings. The Labute approximate surface area is 58.1 Å². The second kappa shape index (κ2) is 2.56. The fourth-order valence-corrected chi connectivity index (χ4v) is 0.785. The molecule has 46 valence electrons. The molecule has 0 spiro atoms. The number of nitrogens with zero attached hydrogens (tertiary/aromatic N) is 1. The Balaban J connectivity index is 2.76. The first-order valence-electron chi connectivity index (χ1n) is 2.52. The van der Waals surface area contributed by atoms with Gasteiger partial charge in [0.05, 0.1) is 17.5 Å². The van der Waals surface area contributed by atoms with Crippen molar-refractivity contribution in [1.29, 1.82) is 5.26 Å². The molecule has 0 aliphatic rings. The van der Waals surface area contributed by atoms with E-state index < -0.39 is 0 Å². The van der Waals surface area contributed by atoms with Crippen LogP contribution in [0.1, 0.15) is 5.69 Å². The van der Waals surface area contributed by atoms with Crippen LogP contribution >= 0.6 is 11.6 Å². The highest BCUT2D eigenvalue weighted by molar-refractivity contribution is 6.30. The minimum absolute atomic E-state index is 0.396. The molecule has 0 radical (unpaired) electrons.